The quantitative estimate of drug-likeness (QED) is 0.682. The van der Waals surface area contributed by atoms with E-state index in [9.17, 15) is 13.2 Å². The van der Waals surface area contributed by atoms with Crippen LogP contribution in [0.15, 0.2) is 47.7 Å². The molecule has 3 aromatic heterocycles. The first-order chi connectivity index (χ1) is 13.2. The number of aryl methyl sites for hydroxylation is 2. The zero-order chi connectivity index (χ0) is 20.7. The summed E-state index contributed by atoms with van der Waals surface area (Å²) in [6, 6.07) is 4.00. The predicted octanol–water partition coefficient (Wildman–Crippen LogP) is 2.62. The summed E-state index contributed by atoms with van der Waals surface area (Å²) < 4.78 is 38.5. The highest BCUT2D eigenvalue weighted by Gasteiger charge is 2.38. The predicted molar refractivity (Wildman–Crippen MR) is 91.1 cm³/mol. The molecule has 0 spiro atoms. The average molecular weight is 397 g/mol. The highest BCUT2D eigenvalue weighted by Crippen LogP contribution is 2.21. The maximum absolute atomic E-state index is 10.6. The van der Waals surface area contributed by atoms with Crippen LogP contribution in [0.3, 0.4) is 0 Å². The summed E-state index contributed by atoms with van der Waals surface area (Å²) in [6.07, 6.45) is 4.06. The number of nitrogens with zero attached hydrogens (tertiary/aromatic N) is 4. The van der Waals surface area contributed by atoms with E-state index in [2.05, 4.69) is 20.6 Å². The monoisotopic (exact) mass is 397 g/mol. The van der Waals surface area contributed by atoms with E-state index in [-0.39, 0.29) is 6.04 Å². The highest BCUT2D eigenvalue weighted by molar-refractivity contribution is 5.73. The van der Waals surface area contributed by atoms with Gasteiger partial charge < -0.3 is 14.9 Å². The van der Waals surface area contributed by atoms with Crippen LogP contribution in [0.2, 0.25) is 0 Å². The largest absolute Gasteiger partial charge is 0.490 e. The van der Waals surface area contributed by atoms with Gasteiger partial charge in [-0.25, -0.2) is 4.79 Å². The minimum Gasteiger partial charge on any atom is -0.475 e. The molecule has 0 aromatic carbocycles. The number of pyridine rings is 1. The van der Waals surface area contributed by atoms with E-state index in [1.54, 1.807) is 17.1 Å². The molecular weight excluding hydrogens is 379 g/mol. The van der Waals surface area contributed by atoms with E-state index in [0.717, 1.165) is 22.4 Å². The molecule has 0 saturated heterocycles. The van der Waals surface area contributed by atoms with E-state index in [0.29, 0.717) is 6.54 Å². The molecule has 3 aromatic rings. The van der Waals surface area contributed by atoms with E-state index in [1.165, 1.54) is 0 Å². The van der Waals surface area contributed by atoms with Crippen LogP contribution in [0.25, 0.3) is 0 Å². The molecule has 0 amide bonds. The minimum absolute atomic E-state index is 0.0171. The van der Waals surface area contributed by atoms with Crippen LogP contribution in [0.4, 0.5) is 13.2 Å². The summed E-state index contributed by atoms with van der Waals surface area (Å²) in [6.45, 7) is 2.60. The maximum atomic E-state index is 10.6. The molecule has 0 fully saturated rings. The third-order valence-electron chi connectivity index (χ3n) is 3.64. The van der Waals surface area contributed by atoms with Crippen molar-refractivity contribution in [2.75, 3.05) is 0 Å². The Hall–Kier alpha value is -3.21. The molecule has 2 N–H and O–H groups in total. The van der Waals surface area contributed by atoms with Crippen LogP contribution in [-0.4, -0.2) is 37.2 Å². The smallest absolute Gasteiger partial charge is 0.475 e. The number of rotatable bonds is 5. The molecule has 0 bridgehead atoms. The van der Waals surface area contributed by atoms with E-state index in [1.807, 2.05) is 44.7 Å². The molecule has 0 saturated carbocycles. The molecule has 11 heteroatoms. The van der Waals surface area contributed by atoms with Crippen molar-refractivity contribution in [3.8, 4) is 0 Å². The van der Waals surface area contributed by atoms with Gasteiger partial charge in [-0.3, -0.25) is 9.67 Å². The van der Waals surface area contributed by atoms with Crippen molar-refractivity contribution in [2.24, 2.45) is 7.05 Å². The standard InChI is InChI=1S/C15H17N5O.C2HF3O2/c1-11-10-21-19-14(11)8-17-15(12-4-3-5-16-6-12)13-7-18-20(2)9-13;3-2(4,5)1(6)7/h3-7,9-10,15,17H,8H2,1-2H3;(H,6,7). The van der Waals surface area contributed by atoms with Crippen LogP contribution < -0.4 is 5.32 Å². The molecule has 0 aliphatic rings. The molecule has 8 nitrogen and oxygen atoms in total. The number of carboxylic acid groups (broad SMARTS) is 1. The number of aromatic nitrogens is 4. The van der Waals surface area contributed by atoms with Crippen molar-refractivity contribution in [3.63, 3.8) is 0 Å². The van der Waals surface area contributed by atoms with Crippen LogP contribution in [0, 0.1) is 6.92 Å². The number of halogens is 3. The van der Waals surface area contributed by atoms with Crippen molar-refractivity contribution in [1.82, 2.24) is 25.2 Å². The van der Waals surface area contributed by atoms with Crippen molar-refractivity contribution < 1.29 is 27.6 Å². The lowest BCUT2D eigenvalue weighted by atomic mass is 10.0. The zero-order valence-corrected chi connectivity index (χ0v) is 15.0. The number of alkyl halides is 3. The molecule has 1 atom stereocenters. The Labute approximate surface area is 158 Å². The van der Waals surface area contributed by atoms with Crippen molar-refractivity contribution >= 4 is 5.97 Å². The SMILES string of the molecule is Cc1conc1CNC(c1cccnc1)c1cnn(C)c1.O=C(O)C(F)(F)F. The number of carbonyl (C=O) groups is 1. The first-order valence-corrected chi connectivity index (χ1v) is 8.00. The fourth-order valence-electron chi connectivity index (χ4n) is 2.24. The van der Waals surface area contributed by atoms with Gasteiger partial charge in [0.1, 0.15) is 12.0 Å². The Balaban J connectivity index is 0.000000345. The Morgan fingerprint density at radius 1 is 1.36 bits per heavy atom. The Morgan fingerprint density at radius 3 is 2.54 bits per heavy atom. The number of aliphatic carboxylic acids is 1. The highest BCUT2D eigenvalue weighted by atomic mass is 19.4. The molecule has 150 valence electrons. The van der Waals surface area contributed by atoms with Crippen LogP contribution in [-0.2, 0) is 18.4 Å². The lowest BCUT2D eigenvalue weighted by Gasteiger charge is -2.17. The van der Waals surface area contributed by atoms with Crippen molar-refractivity contribution in [3.05, 3.63) is 65.6 Å². The second-order valence-electron chi connectivity index (χ2n) is 5.79. The number of hydrogen-bond donors (Lipinski definition) is 2. The Morgan fingerprint density at radius 2 is 2.07 bits per heavy atom. The van der Waals surface area contributed by atoms with Gasteiger partial charge in [-0.15, -0.1) is 0 Å². The number of hydrogen-bond acceptors (Lipinski definition) is 6. The van der Waals surface area contributed by atoms with E-state index in [4.69, 9.17) is 14.4 Å². The van der Waals surface area contributed by atoms with Gasteiger partial charge in [-0.1, -0.05) is 11.2 Å². The molecule has 0 aliphatic carbocycles. The first kappa shape index (κ1) is 21.1. The average Bonchev–Trinajstić information content (AvgIpc) is 3.24. The van der Waals surface area contributed by atoms with E-state index >= 15 is 0 Å². The van der Waals surface area contributed by atoms with Gasteiger partial charge in [0.15, 0.2) is 0 Å². The van der Waals surface area contributed by atoms with E-state index < -0.39 is 12.1 Å². The number of carboxylic acids is 1. The first-order valence-electron chi connectivity index (χ1n) is 8.00. The fraction of sp³-hybridized carbons (Fsp3) is 0.294. The molecule has 3 heterocycles. The summed E-state index contributed by atoms with van der Waals surface area (Å²) in [5.74, 6) is -2.76. The molecule has 0 radical (unpaired) electrons. The Kier molecular flexibility index (Phi) is 6.88. The minimum atomic E-state index is -5.08. The third kappa shape index (κ3) is 5.91. The van der Waals surface area contributed by atoms with Gasteiger partial charge >= 0.3 is 12.1 Å². The van der Waals surface area contributed by atoms with Gasteiger partial charge in [-0.2, -0.15) is 18.3 Å². The Bertz CT molecular complexity index is 893. The van der Waals surface area contributed by atoms with Gasteiger partial charge in [0.2, 0.25) is 0 Å². The topological polar surface area (TPSA) is 106 Å². The lowest BCUT2D eigenvalue weighted by Crippen LogP contribution is -2.22. The summed E-state index contributed by atoms with van der Waals surface area (Å²) in [5.41, 5.74) is 4.13. The van der Waals surface area contributed by atoms with Crippen LogP contribution in [0.5, 0.6) is 0 Å². The summed E-state index contributed by atoms with van der Waals surface area (Å²) in [5, 5.41) is 18.9. The normalized spacial score (nSPS) is 12.2. The van der Waals surface area contributed by atoms with Gasteiger partial charge in [0.05, 0.1) is 12.2 Å². The summed E-state index contributed by atoms with van der Waals surface area (Å²) in [7, 11) is 1.91. The second kappa shape index (κ2) is 9.13. The summed E-state index contributed by atoms with van der Waals surface area (Å²) in [4.78, 5) is 13.1. The third-order valence-corrected chi connectivity index (χ3v) is 3.64. The number of nitrogens with one attached hydrogen (secondary N) is 1. The maximum Gasteiger partial charge on any atom is 0.490 e. The van der Waals surface area contributed by atoms with Gasteiger partial charge in [0, 0.05) is 43.3 Å². The van der Waals surface area contributed by atoms with Gasteiger partial charge in [-0.05, 0) is 18.6 Å². The lowest BCUT2D eigenvalue weighted by molar-refractivity contribution is -0.192. The van der Waals surface area contributed by atoms with Crippen LogP contribution >= 0.6 is 0 Å². The van der Waals surface area contributed by atoms with Gasteiger partial charge in [0.25, 0.3) is 0 Å². The molecule has 3 rings (SSSR count). The van der Waals surface area contributed by atoms with Crippen molar-refractivity contribution in [1.29, 1.82) is 0 Å². The summed E-state index contributed by atoms with van der Waals surface area (Å²) >= 11 is 0. The molecule has 1 unspecified atom stereocenters. The van der Waals surface area contributed by atoms with Crippen LogP contribution in [0.1, 0.15) is 28.4 Å². The zero-order valence-electron chi connectivity index (χ0n) is 15.0. The molecule has 0 aliphatic heterocycles. The second-order valence-corrected chi connectivity index (χ2v) is 5.79. The van der Waals surface area contributed by atoms with Crippen molar-refractivity contribution in [2.45, 2.75) is 25.7 Å². The molecular formula is C17H18F3N5O3. The molecule has 28 heavy (non-hydrogen) atoms. The fourth-order valence-corrected chi connectivity index (χ4v) is 2.24.